The Labute approximate surface area is 592 Å². The molecule has 0 bridgehead atoms. The van der Waals surface area contributed by atoms with Crippen molar-refractivity contribution in [2.75, 3.05) is 9.80 Å². The summed E-state index contributed by atoms with van der Waals surface area (Å²) in [5.74, 6) is 0. The van der Waals surface area contributed by atoms with E-state index in [1.165, 1.54) is 123 Å². The van der Waals surface area contributed by atoms with Crippen molar-refractivity contribution >= 4 is 174 Å². The molecule has 0 atom stereocenters. The third kappa shape index (κ3) is 9.49. The molecule has 21 aromatic rings. The SMILES string of the molecule is c1cc(-c2ccc3ccccc3c2)cc(N(c2ccc3oc4cc(-c5cc(-c6ccc7ccccc7c6)cc(N(c6ccc(-c7cccc8sc9ccccc9c78)cc6)c6ccc7c8ccccc8c8ccccc8c7c6)c5)ccc4c3c2)c2ccc3c4ccccc4c4ccccc4c3c2)c1. The molecule has 0 saturated heterocycles. The Morgan fingerprint density at radius 3 is 1.17 bits per heavy atom. The summed E-state index contributed by atoms with van der Waals surface area (Å²) in [4.78, 5) is 4.89. The van der Waals surface area contributed by atoms with Gasteiger partial charge in [0.05, 0.1) is 0 Å². The Morgan fingerprint density at radius 2 is 0.578 bits per heavy atom. The minimum atomic E-state index is 0.820. The fraction of sp³-hybridized carbons (Fsp3) is 0. The molecule has 2 heterocycles. The molecule has 0 fully saturated rings. The topological polar surface area (TPSA) is 19.6 Å². The average Bonchev–Trinajstić information content (AvgIpc) is 0.845. The first kappa shape index (κ1) is 57.9. The molecule has 0 spiro atoms. The number of furan rings is 1. The monoisotopic (exact) mass is 1310 g/mol. The van der Waals surface area contributed by atoms with E-state index in [2.05, 4.69) is 374 Å². The first-order valence-electron chi connectivity index (χ1n) is 35.0. The molecule has 0 unspecified atom stereocenters. The molecule has 3 nitrogen and oxygen atoms in total. The maximum absolute atomic E-state index is 7.07. The van der Waals surface area contributed by atoms with E-state index in [0.717, 1.165) is 83.9 Å². The van der Waals surface area contributed by atoms with Crippen LogP contribution in [0.2, 0.25) is 0 Å². The number of anilines is 6. The second-order valence-electron chi connectivity index (χ2n) is 27.1. The Bertz CT molecular complexity index is 6970. The third-order valence-corrected chi connectivity index (χ3v) is 22.4. The number of hydrogen-bond acceptors (Lipinski definition) is 4. The van der Waals surface area contributed by atoms with Crippen LogP contribution in [-0.4, -0.2) is 0 Å². The molecule has 2 aromatic heterocycles. The third-order valence-electron chi connectivity index (χ3n) is 21.3. The van der Waals surface area contributed by atoms with Crippen LogP contribution in [0.25, 0.3) is 173 Å². The van der Waals surface area contributed by atoms with E-state index in [1.54, 1.807) is 0 Å². The average molecular weight is 1310 g/mol. The molecule has 19 aromatic carbocycles. The summed E-state index contributed by atoms with van der Waals surface area (Å²) in [5, 5.41) is 24.4. The molecule has 0 N–H and O–H groups in total. The van der Waals surface area contributed by atoms with Gasteiger partial charge in [-0.15, -0.1) is 11.3 Å². The number of hydrogen-bond donors (Lipinski definition) is 0. The highest BCUT2D eigenvalue weighted by atomic mass is 32.1. The van der Waals surface area contributed by atoms with Gasteiger partial charge in [0.1, 0.15) is 11.2 Å². The van der Waals surface area contributed by atoms with E-state index >= 15 is 0 Å². The van der Waals surface area contributed by atoms with Gasteiger partial charge in [0.2, 0.25) is 0 Å². The van der Waals surface area contributed by atoms with E-state index < -0.39 is 0 Å². The minimum absolute atomic E-state index is 0.820. The zero-order valence-corrected chi connectivity index (χ0v) is 56.2. The zero-order valence-electron chi connectivity index (χ0n) is 55.4. The molecule has 4 heteroatoms. The molecule has 0 aliphatic carbocycles. The summed E-state index contributed by atoms with van der Waals surface area (Å²) in [5.41, 5.74) is 17.0. The van der Waals surface area contributed by atoms with Crippen LogP contribution in [0.3, 0.4) is 0 Å². The predicted octanol–water partition coefficient (Wildman–Crippen LogP) is 28.8. The van der Waals surface area contributed by atoms with E-state index in [0.29, 0.717) is 0 Å². The number of fused-ring (bicyclic) bond motifs is 20. The van der Waals surface area contributed by atoms with Crippen LogP contribution in [0, 0.1) is 0 Å². The van der Waals surface area contributed by atoms with Crippen molar-refractivity contribution in [1.29, 1.82) is 0 Å². The summed E-state index contributed by atoms with van der Waals surface area (Å²) in [7, 11) is 0. The summed E-state index contributed by atoms with van der Waals surface area (Å²) in [6.07, 6.45) is 0. The molecule has 0 aliphatic heterocycles. The highest BCUT2D eigenvalue weighted by Crippen LogP contribution is 2.49. The van der Waals surface area contributed by atoms with Crippen LogP contribution in [0.4, 0.5) is 34.1 Å². The Balaban J connectivity index is 0.738. The van der Waals surface area contributed by atoms with E-state index in [-0.39, 0.29) is 0 Å². The molecule has 102 heavy (non-hydrogen) atoms. The maximum Gasteiger partial charge on any atom is 0.136 e. The van der Waals surface area contributed by atoms with Gasteiger partial charge >= 0.3 is 0 Å². The quantitative estimate of drug-likeness (QED) is 0.127. The van der Waals surface area contributed by atoms with Gasteiger partial charge in [0, 0.05) is 65.1 Å². The van der Waals surface area contributed by atoms with Crippen LogP contribution in [0.15, 0.2) is 368 Å². The van der Waals surface area contributed by atoms with Crippen molar-refractivity contribution in [3.63, 3.8) is 0 Å². The lowest BCUT2D eigenvalue weighted by Crippen LogP contribution is -2.10. The van der Waals surface area contributed by atoms with E-state index in [1.807, 2.05) is 11.3 Å². The number of rotatable bonds is 10. The van der Waals surface area contributed by atoms with Crippen LogP contribution >= 0.6 is 11.3 Å². The van der Waals surface area contributed by atoms with Crippen molar-refractivity contribution in [3.05, 3.63) is 364 Å². The van der Waals surface area contributed by atoms with Crippen LogP contribution < -0.4 is 9.80 Å². The fourth-order valence-corrected chi connectivity index (χ4v) is 17.6. The second-order valence-corrected chi connectivity index (χ2v) is 28.2. The molecule has 0 radical (unpaired) electrons. The molecular weight excluding hydrogens is 1250 g/mol. The highest BCUT2D eigenvalue weighted by Gasteiger charge is 2.23. The van der Waals surface area contributed by atoms with Gasteiger partial charge < -0.3 is 14.2 Å². The van der Waals surface area contributed by atoms with Crippen molar-refractivity contribution in [1.82, 2.24) is 0 Å². The summed E-state index contributed by atoms with van der Waals surface area (Å²) < 4.78 is 9.66. The van der Waals surface area contributed by atoms with Gasteiger partial charge in [-0.25, -0.2) is 0 Å². The lowest BCUT2D eigenvalue weighted by atomic mass is 9.93. The van der Waals surface area contributed by atoms with Gasteiger partial charge in [0.25, 0.3) is 0 Å². The van der Waals surface area contributed by atoms with Gasteiger partial charge in [0.15, 0.2) is 0 Å². The first-order valence-corrected chi connectivity index (χ1v) is 35.8. The molecule has 0 aliphatic rings. The van der Waals surface area contributed by atoms with Gasteiger partial charge in [-0.1, -0.05) is 243 Å². The molecular formula is C98H60N2OS. The van der Waals surface area contributed by atoms with Crippen LogP contribution in [0.1, 0.15) is 0 Å². The summed E-state index contributed by atoms with van der Waals surface area (Å²) in [6.45, 7) is 0. The maximum atomic E-state index is 7.07. The second kappa shape index (κ2) is 23.3. The Kier molecular flexibility index (Phi) is 13.2. The van der Waals surface area contributed by atoms with Crippen molar-refractivity contribution in [2.24, 2.45) is 0 Å². The van der Waals surface area contributed by atoms with E-state index in [9.17, 15) is 0 Å². The number of nitrogens with zero attached hydrogens (tertiary/aromatic N) is 2. The van der Waals surface area contributed by atoms with Crippen molar-refractivity contribution < 1.29 is 4.42 Å². The lowest BCUT2D eigenvalue weighted by Gasteiger charge is -2.28. The lowest BCUT2D eigenvalue weighted by molar-refractivity contribution is 0.669. The van der Waals surface area contributed by atoms with Crippen LogP contribution in [0.5, 0.6) is 0 Å². The van der Waals surface area contributed by atoms with Crippen molar-refractivity contribution in [3.8, 4) is 44.5 Å². The first-order chi connectivity index (χ1) is 50.5. The number of benzene rings is 19. The largest absolute Gasteiger partial charge is 0.456 e. The molecule has 474 valence electrons. The molecule has 0 saturated carbocycles. The predicted molar refractivity (Wildman–Crippen MR) is 438 cm³/mol. The van der Waals surface area contributed by atoms with Gasteiger partial charge in [-0.3, -0.25) is 0 Å². The highest BCUT2D eigenvalue weighted by molar-refractivity contribution is 7.26. The van der Waals surface area contributed by atoms with Gasteiger partial charge in [-0.05, 0) is 252 Å². The minimum Gasteiger partial charge on any atom is -0.456 e. The summed E-state index contributed by atoms with van der Waals surface area (Å²) in [6, 6.07) is 135. The van der Waals surface area contributed by atoms with Gasteiger partial charge in [-0.2, -0.15) is 0 Å². The fourth-order valence-electron chi connectivity index (χ4n) is 16.5. The molecule has 0 amide bonds. The van der Waals surface area contributed by atoms with Crippen LogP contribution in [-0.2, 0) is 0 Å². The Morgan fingerprint density at radius 1 is 0.186 bits per heavy atom. The molecule has 21 rings (SSSR count). The normalized spacial score (nSPS) is 11.9. The zero-order chi connectivity index (χ0) is 66.9. The van der Waals surface area contributed by atoms with E-state index in [4.69, 9.17) is 4.42 Å². The smallest absolute Gasteiger partial charge is 0.136 e. The number of thiophene rings is 1. The Hall–Kier alpha value is -13.1. The standard InChI is InChI=1S/C98H60N2OS/c1-3-19-64-51-67(37-35-61(64)17-1)66-21-15-22-73(54-66)100(75-45-49-88-84-28-8-6-24-80(84)82-26-10-12-30-86(82)92(88)59-75)76-46-50-94-93(60-76)89-47-41-69(57-95(89)101-94)71-53-70(68-38-36-62-18-2-4-20-65(62)52-68)55-77(56-71)99(74-44-48-87-83-27-7-5-23-79(83)81-25-9-11-29-85(81)91(87)58-74)72-42-39-63(40-43-72)78-32-16-34-97-98(78)90-31-13-14-33-96(90)102-97/h1-60H. The summed E-state index contributed by atoms with van der Waals surface area (Å²) >= 11 is 1.86. The van der Waals surface area contributed by atoms with Crippen molar-refractivity contribution in [2.45, 2.75) is 0 Å².